The van der Waals surface area contributed by atoms with Crippen LogP contribution in [-0.4, -0.2) is 21.9 Å². The van der Waals surface area contributed by atoms with E-state index in [2.05, 4.69) is 10.4 Å². The van der Waals surface area contributed by atoms with Gasteiger partial charge in [0.25, 0.3) is 5.91 Å². The van der Waals surface area contributed by atoms with Crippen molar-refractivity contribution < 1.29 is 9.90 Å². The number of benzene rings is 2. The number of nitrogens with one attached hydrogen (secondary N) is 1. The van der Waals surface area contributed by atoms with Gasteiger partial charge in [-0.05, 0) is 43.4 Å². The van der Waals surface area contributed by atoms with Crippen molar-refractivity contribution in [2.75, 3.05) is 5.43 Å². The number of fused-ring (bicyclic) bond motifs is 1. The Labute approximate surface area is 164 Å². The van der Waals surface area contributed by atoms with Crippen LogP contribution in [0.3, 0.4) is 0 Å². The topological polar surface area (TPSA) is 66.6 Å². The van der Waals surface area contributed by atoms with E-state index in [1.807, 2.05) is 49.4 Å². The summed E-state index contributed by atoms with van der Waals surface area (Å²) >= 11 is 6.53. The highest BCUT2D eigenvalue weighted by atomic mass is 32.1. The predicted molar refractivity (Wildman–Crippen MR) is 112 cm³/mol. The van der Waals surface area contributed by atoms with E-state index in [1.165, 1.54) is 16.0 Å². The molecule has 0 radical (unpaired) electrons. The highest BCUT2D eigenvalue weighted by Gasteiger charge is 2.17. The molecule has 1 aliphatic heterocycles. The standard InChI is InChI=1S/C20H15N3O2S2/c1-12-5-4-6-13(9-12)18(24)22-23-19(25)17(27-20(23)26)10-14-11-21-16-8-3-2-7-15(14)16/h2-11,25H,1H3,(H,22,24)/b14-10+. The minimum Gasteiger partial charge on any atom is -0.492 e. The number of para-hydroxylation sites is 1. The lowest BCUT2D eigenvalue weighted by molar-refractivity contribution is 0.101. The molecule has 4 rings (SSSR count). The molecule has 0 aliphatic carbocycles. The molecular weight excluding hydrogens is 378 g/mol. The second kappa shape index (κ2) is 6.94. The van der Waals surface area contributed by atoms with Crippen LogP contribution in [-0.2, 0) is 0 Å². The van der Waals surface area contributed by atoms with E-state index < -0.39 is 0 Å². The minimum absolute atomic E-state index is 0.101. The van der Waals surface area contributed by atoms with Crippen LogP contribution >= 0.6 is 23.6 Å². The molecule has 0 fully saturated rings. The Hall–Kier alpha value is -3.03. The number of thiazole rings is 1. The average molecular weight is 393 g/mol. The maximum absolute atomic E-state index is 12.5. The van der Waals surface area contributed by atoms with E-state index in [4.69, 9.17) is 12.2 Å². The molecule has 27 heavy (non-hydrogen) atoms. The molecule has 2 heterocycles. The number of carbonyl (C=O) groups is 1. The molecule has 1 aromatic heterocycles. The first-order valence-electron chi connectivity index (χ1n) is 8.21. The van der Waals surface area contributed by atoms with Gasteiger partial charge in [-0.25, -0.2) is 0 Å². The smallest absolute Gasteiger partial charge is 0.270 e. The van der Waals surface area contributed by atoms with Gasteiger partial charge in [0.1, 0.15) is 0 Å². The Morgan fingerprint density at radius 2 is 2.07 bits per heavy atom. The lowest BCUT2D eigenvalue weighted by Gasteiger charge is -2.08. The molecule has 0 spiro atoms. The van der Waals surface area contributed by atoms with E-state index in [0.717, 1.165) is 22.4 Å². The monoisotopic (exact) mass is 393 g/mol. The zero-order chi connectivity index (χ0) is 19.0. The van der Waals surface area contributed by atoms with Gasteiger partial charge < -0.3 is 5.11 Å². The number of rotatable bonds is 3. The Bertz CT molecular complexity index is 1170. The van der Waals surface area contributed by atoms with Crippen LogP contribution in [0.15, 0.2) is 53.5 Å². The van der Waals surface area contributed by atoms with Gasteiger partial charge in [-0.15, -0.1) is 0 Å². The number of aryl methyl sites for hydroxylation is 1. The van der Waals surface area contributed by atoms with Crippen LogP contribution in [0.1, 0.15) is 26.4 Å². The molecular formula is C20H15N3O2S2. The van der Waals surface area contributed by atoms with Crippen molar-refractivity contribution in [1.82, 2.24) is 4.68 Å². The molecule has 1 amide bonds. The summed E-state index contributed by atoms with van der Waals surface area (Å²) in [5.41, 5.74) is 6.90. The zero-order valence-electron chi connectivity index (χ0n) is 14.3. The second-order valence-corrected chi connectivity index (χ2v) is 7.75. The molecule has 0 saturated carbocycles. The summed E-state index contributed by atoms with van der Waals surface area (Å²) < 4.78 is 1.58. The summed E-state index contributed by atoms with van der Waals surface area (Å²) in [6.45, 7) is 1.91. The molecule has 0 saturated heterocycles. The molecule has 2 N–H and O–H groups in total. The summed E-state index contributed by atoms with van der Waals surface area (Å²) in [6, 6.07) is 15.0. The summed E-state index contributed by atoms with van der Waals surface area (Å²) in [6.07, 6.45) is 3.57. The lowest BCUT2D eigenvalue weighted by Crippen LogP contribution is -2.22. The molecule has 0 bridgehead atoms. The van der Waals surface area contributed by atoms with Gasteiger partial charge in [-0.2, -0.15) is 4.68 Å². The van der Waals surface area contributed by atoms with Gasteiger partial charge >= 0.3 is 0 Å². The second-order valence-electron chi connectivity index (χ2n) is 6.08. The van der Waals surface area contributed by atoms with Crippen LogP contribution < -0.4 is 5.43 Å². The number of allylic oxidation sites excluding steroid dienone is 1. The number of aromatic hydroxyl groups is 1. The van der Waals surface area contributed by atoms with Gasteiger partial charge in [0.15, 0.2) is 3.95 Å². The Morgan fingerprint density at radius 1 is 1.26 bits per heavy atom. The Morgan fingerprint density at radius 3 is 2.89 bits per heavy atom. The zero-order valence-corrected chi connectivity index (χ0v) is 16.0. The summed E-state index contributed by atoms with van der Waals surface area (Å²) in [7, 11) is 0. The fraction of sp³-hybridized carbons (Fsp3) is 0.0500. The van der Waals surface area contributed by atoms with Crippen molar-refractivity contribution in [2.24, 2.45) is 4.99 Å². The normalized spacial score (nSPS) is 13.7. The number of hydrogen-bond donors (Lipinski definition) is 2. The van der Waals surface area contributed by atoms with E-state index in [1.54, 1.807) is 18.3 Å². The quantitative estimate of drug-likeness (QED) is 0.620. The molecule has 1 aliphatic rings. The number of carbonyl (C=O) groups excluding carboxylic acids is 1. The Kier molecular flexibility index (Phi) is 4.47. The molecule has 5 nitrogen and oxygen atoms in total. The first-order chi connectivity index (χ1) is 13.0. The van der Waals surface area contributed by atoms with Crippen LogP contribution in [0.4, 0.5) is 5.69 Å². The van der Waals surface area contributed by atoms with E-state index in [9.17, 15) is 9.90 Å². The van der Waals surface area contributed by atoms with Gasteiger partial charge in [-0.1, -0.05) is 47.2 Å². The summed E-state index contributed by atoms with van der Waals surface area (Å²) in [5.74, 6) is -0.439. The number of aromatic nitrogens is 1. The predicted octanol–water partition coefficient (Wildman–Crippen LogP) is 4.93. The number of aliphatic imine (C=N–C) groups is 1. The molecule has 2 aromatic carbocycles. The molecule has 3 aromatic rings. The van der Waals surface area contributed by atoms with E-state index in [0.29, 0.717) is 14.4 Å². The third-order valence-corrected chi connectivity index (χ3v) is 5.46. The van der Waals surface area contributed by atoms with Crippen molar-refractivity contribution in [3.05, 3.63) is 74.1 Å². The highest BCUT2D eigenvalue weighted by Crippen LogP contribution is 2.35. The summed E-state index contributed by atoms with van der Waals surface area (Å²) in [5, 5.41) is 10.6. The number of hydrogen-bond acceptors (Lipinski definition) is 5. The first kappa shape index (κ1) is 17.4. The van der Waals surface area contributed by atoms with Crippen LogP contribution in [0, 0.1) is 10.9 Å². The van der Waals surface area contributed by atoms with Crippen LogP contribution in [0.25, 0.3) is 11.6 Å². The van der Waals surface area contributed by atoms with Crippen molar-refractivity contribution in [1.29, 1.82) is 0 Å². The molecule has 7 heteroatoms. The van der Waals surface area contributed by atoms with Crippen molar-refractivity contribution in [3.63, 3.8) is 0 Å². The SMILES string of the molecule is Cc1cccc(C(=O)Nn2c(O)c(/C=C3\C=Nc4ccccc43)sc2=S)c1. The third-order valence-electron chi connectivity index (χ3n) is 4.15. The van der Waals surface area contributed by atoms with Crippen LogP contribution in [0.2, 0.25) is 0 Å². The van der Waals surface area contributed by atoms with E-state index >= 15 is 0 Å². The maximum atomic E-state index is 12.5. The molecule has 0 unspecified atom stereocenters. The largest absolute Gasteiger partial charge is 0.492 e. The number of amides is 1. The highest BCUT2D eigenvalue weighted by molar-refractivity contribution is 7.73. The van der Waals surface area contributed by atoms with Gasteiger partial charge in [0.2, 0.25) is 5.88 Å². The number of nitrogens with zero attached hydrogens (tertiary/aromatic N) is 2. The lowest BCUT2D eigenvalue weighted by atomic mass is 10.1. The average Bonchev–Trinajstić information content (AvgIpc) is 3.18. The first-order valence-corrected chi connectivity index (χ1v) is 9.43. The molecule has 0 atom stereocenters. The molecule has 134 valence electrons. The van der Waals surface area contributed by atoms with Crippen molar-refractivity contribution in [2.45, 2.75) is 6.92 Å². The van der Waals surface area contributed by atoms with Gasteiger partial charge in [-0.3, -0.25) is 15.2 Å². The van der Waals surface area contributed by atoms with Crippen LogP contribution in [0.5, 0.6) is 5.88 Å². The Balaban J connectivity index is 1.65. The van der Waals surface area contributed by atoms with Crippen molar-refractivity contribution >= 4 is 53.0 Å². The maximum Gasteiger partial charge on any atom is 0.270 e. The summed E-state index contributed by atoms with van der Waals surface area (Å²) in [4.78, 5) is 17.4. The fourth-order valence-corrected chi connectivity index (χ4v) is 4.00. The van der Waals surface area contributed by atoms with Gasteiger partial charge in [0, 0.05) is 22.9 Å². The third kappa shape index (κ3) is 3.34. The van der Waals surface area contributed by atoms with E-state index in [-0.39, 0.29) is 11.8 Å². The van der Waals surface area contributed by atoms with Crippen molar-refractivity contribution in [3.8, 4) is 5.88 Å². The van der Waals surface area contributed by atoms with Gasteiger partial charge in [0.05, 0.1) is 10.6 Å². The minimum atomic E-state index is -0.338. The fourth-order valence-electron chi connectivity index (χ4n) is 2.82.